The Morgan fingerprint density at radius 2 is 1.52 bits per heavy atom. The van der Waals surface area contributed by atoms with Crippen molar-refractivity contribution in [3.8, 4) is 11.3 Å². The zero-order valence-electron chi connectivity index (χ0n) is 12.3. The fourth-order valence-electron chi connectivity index (χ4n) is 2.74. The number of rotatable bonds is 2. The van der Waals surface area contributed by atoms with Crippen LogP contribution in [0.3, 0.4) is 0 Å². The molecule has 5 nitrogen and oxygen atoms in total. The highest BCUT2D eigenvalue weighted by Crippen LogP contribution is 2.28. The van der Waals surface area contributed by atoms with Crippen molar-refractivity contribution in [2.45, 2.75) is 6.42 Å². The van der Waals surface area contributed by atoms with Gasteiger partial charge in [-0.05, 0) is 5.56 Å². The van der Waals surface area contributed by atoms with Crippen LogP contribution in [-0.2, 0) is 6.42 Å². The van der Waals surface area contributed by atoms with Crippen LogP contribution in [-0.4, -0.2) is 15.9 Å². The minimum Gasteiger partial charge on any atom is -0.272 e. The highest BCUT2D eigenvalue weighted by Gasteiger charge is 2.21. The summed E-state index contributed by atoms with van der Waals surface area (Å²) >= 11 is 0. The Bertz CT molecular complexity index is 930. The van der Waals surface area contributed by atoms with Gasteiger partial charge in [0.2, 0.25) is 0 Å². The summed E-state index contributed by atoms with van der Waals surface area (Å²) in [5.41, 5.74) is 7.65. The zero-order valence-corrected chi connectivity index (χ0v) is 12.3. The Morgan fingerprint density at radius 1 is 0.870 bits per heavy atom. The highest BCUT2D eigenvalue weighted by atomic mass is 16.1. The molecule has 0 bridgehead atoms. The van der Waals surface area contributed by atoms with Crippen LogP contribution in [0, 0.1) is 0 Å². The van der Waals surface area contributed by atoms with Crippen molar-refractivity contribution in [1.82, 2.24) is 10.2 Å². The first kappa shape index (κ1) is 13.5. The molecule has 0 aliphatic carbocycles. The van der Waals surface area contributed by atoms with Gasteiger partial charge in [-0.1, -0.05) is 60.7 Å². The van der Waals surface area contributed by atoms with Gasteiger partial charge in [0.15, 0.2) is 0 Å². The van der Waals surface area contributed by atoms with Gasteiger partial charge in [0.1, 0.15) is 5.69 Å². The number of hydrogen-bond donors (Lipinski definition) is 2. The lowest BCUT2D eigenvalue weighted by Gasteiger charge is -2.19. The van der Waals surface area contributed by atoms with Crippen molar-refractivity contribution in [2.24, 2.45) is 5.10 Å². The Morgan fingerprint density at radius 3 is 2.22 bits per heavy atom. The maximum absolute atomic E-state index is 12.0. The first-order valence-electron chi connectivity index (χ1n) is 7.38. The van der Waals surface area contributed by atoms with Crippen molar-refractivity contribution in [1.29, 1.82) is 0 Å². The van der Waals surface area contributed by atoms with Gasteiger partial charge in [-0.25, -0.2) is 5.10 Å². The summed E-state index contributed by atoms with van der Waals surface area (Å²) in [6.07, 6.45) is 0.563. The van der Waals surface area contributed by atoms with E-state index in [2.05, 4.69) is 20.7 Å². The van der Waals surface area contributed by atoms with E-state index in [0.29, 0.717) is 12.1 Å². The average Bonchev–Trinajstić information content (AvgIpc) is 2.63. The van der Waals surface area contributed by atoms with Gasteiger partial charge < -0.3 is 0 Å². The molecule has 3 aromatic rings. The molecule has 4 rings (SSSR count). The molecule has 0 saturated carbocycles. The summed E-state index contributed by atoms with van der Waals surface area (Å²) in [5.74, 6) is 0. The Hall–Kier alpha value is -3.21. The molecule has 2 N–H and O–H groups in total. The SMILES string of the molecule is O=c1[nH]nc(-c2ccccc2)c2c1NN=C(c1ccccc1)C2. The van der Waals surface area contributed by atoms with Crippen LogP contribution < -0.4 is 11.0 Å². The zero-order chi connectivity index (χ0) is 15.6. The minimum atomic E-state index is -0.254. The largest absolute Gasteiger partial charge is 0.289 e. The maximum Gasteiger partial charge on any atom is 0.289 e. The van der Waals surface area contributed by atoms with Crippen molar-refractivity contribution < 1.29 is 0 Å². The summed E-state index contributed by atoms with van der Waals surface area (Å²) in [6, 6.07) is 19.8. The molecule has 1 aliphatic rings. The number of hydrazone groups is 1. The normalized spacial score (nSPS) is 13.0. The maximum atomic E-state index is 12.0. The van der Waals surface area contributed by atoms with Crippen molar-refractivity contribution >= 4 is 11.4 Å². The van der Waals surface area contributed by atoms with Crippen LogP contribution in [0.25, 0.3) is 11.3 Å². The smallest absolute Gasteiger partial charge is 0.272 e. The van der Waals surface area contributed by atoms with Crippen molar-refractivity contribution in [3.05, 3.63) is 82.1 Å². The standard InChI is InChI=1S/C18H14N4O/c23-18-17-14(16(20-22-18)13-9-5-2-6-10-13)11-15(19-21-17)12-7-3-1-4-8-12/h1-10,21H,11H2,(H,22,23). The predicted octanol–water partition coefficient (Wildman–Crippen LogP) is 2.81. The number of anilines is 1. The second-order valence-corrected chi connectivity index (χ2v) is 5.33. The van der Waals surface area contributed by atoms with Crippen LogP contribution in [0.15, 0.2) is 70.6 Å². The fraction of sp³-hybridized carbons (Fsp3) is 0.0556. The summed E-state index contributed by atoms with van der Waals surface area (Å²) < 4.78 is 0. The number of hydrogen-bond acceptors (Lipinski definition) is 4. The van der Waals surface area contributed by atoms with E-state index in [1.165, 1.54) is 0 Å². The third-order valence-electron chi connectivity index (χ3n) is 3.89. The Kier molecular flexibility index (Phi) is 3.24. The monoisotopic (exact) mass is 302 g/mol. The predicted molar refractivity (Wildman–Crippen MR) is 90.6 cm³/mol. The van der Waals surface area contributed by atoms with Crippen LogP contribution >= 0.6 is 0 Å². The van der Waals surface area contributed by atoms with Crippen LogP contribution in [0.5, 0.6) is 0 Å². The summed E-state index contributed by atoms with van der Waals surface area (Å²) in [4.78, 5) is 12.0. The number of nitrogens with zero attached hydrogens (tertiary/aromatic N) is 2. The molecule has 2 heterocycles. The van der Waals surface area contributed by atoms with Gasteiger partial charge >= 0.3 is 0 Å². The highest BCUT2D eigenvalue weighted by molar-refractivity contribution is 6.04. The summed E-state index contributed by atoms with van der Waals surface area (Å²) in [7, 11) is 0. The lowest BCUT2D eigenvalue weighted by Crippen LogP contribution is -2.24. The molecule has 0 unspecified atom stereocenters. The molecule has 0 radical (unpaired) electrons. The van der Waals surface area contributed by atoms with Crippen molar-refractivity contribution in [2.75, 3.05) is 5.43 Å². The number of aromatic nitrogens is 2. The molecule has 0 spiro atoms. The fourth-order valence-corrected chi connectivity index (χ4v) is 2.74. The molecule has 23 heavy (non-hydrogen) atoms. The third-order valence-corrected chi connectivity index (χ3v) is 3.89. The number of benzene rings is 2. The molecule has 5 heteroatoms. The lowest BCUT2D eigenvalue weighted by molar-refractivity contribution is 0.962. The van der Waals surface area contributed by atoms with Gasteiger partial charge in [0.05, 0.1) is 11.4 Å². The molecular formula is C18H14N4O. The van der Waals surface area contributed by atoms with E-state index >= 15 is 0 Å². The van der Waals surface area contributed by atoms with E-state index in [4.69, 9.17) is 0 Å². The molecule has 112 valence electrons. The number of nitrogens with one attached hydrogen (secondary N) is 2. The quantitative estimate of drug-likeness (QED) is 0.764. The molecule has 0 atom stereocenters. The van der Waals surface area contributed by atoms with E-state index < -0.39 is 0 Å². The molecule has 0 amide bonds. The molecule has 0 fully saturated rings. The molecular weight excluding hydrogens is 288 g/mol. The van der Waals surface area contributed by atoms with Crippen LogP contribution in [0.2, 0.25) is 0 Å². The van der Waals surface area contributed by atoms with E-state index in [-0.39, 0.29) is 5.56 Å². The average molecular weight is 302 g/mol. The van der Waals surface area contributed by atoms with Gasteiger partial charge in [0.25, 0.3) is 5.56 Å². The summed E-state index contributed by atoms with van der Waals surface area (Å²) in [5, 5.41) is 11.2. The lowest BCUT2D eigenvalue weighted by atomic mass is 9.96. The topological polar surface area (TPSA) is 70.1 Å². The van der Waals surface area contributed by atoms with E-state index in [0.717, 1.165) is 28.1 Å². The van der Waals surface area contributed by atoms with Gasteiger partial charge in [0, 0.05) is 17.5 Å². The molecule has 1 aromatic heterocycles. The number of H-pyrrole nitrogens is 1. The second-order valence-electron chi connectivity index (χ2n) is 5.33. The van der Waals surface area contributed by atoms with E-state index in [1.807, 2.05) is 60.7 Å². The molecule has 2 aromatic carbocycles. The number of aromatic amines is 1. The first-order valence-corrected chi connectivity index (χ1v) is 7.38. The Labute approximate surface area is 132 Å². The van der Waals surface area contributed by atoms with Crippen molar-refractivity contribution in [3.63, 3.8) is 0 Å². The van der Waals surface area contributed by atoms with Gasteiger partial charge in [-0.3, -0.25) is 10.2 Å². The van der Waals surface area contributed by atoms with Gasteiger partial charge in [-0.2, -0.15) is 10.2 Å². The summed E-state index contributed by atoms with van der Waals surface area (Å²) in [6.45, 7) is 0. The molecule has 1 aliphatic heterocycles. The minimum absolute atomic E-state index is 0.254. The van der Waals surface area contributed by atoms with Gasteiger partial charge in [-0.15, -0.1) is 0 Å². The first-order chi connectivity index (χ1) is 11.3. The molecule has 0 saturated heterocycles. The third kappa shape index (κ3) is 2.42. The Balaban J connectivity index is 1.83. The van der Waals surface area contributed by atoms with E-state index in [9.17, 15) is 4.79 Å². The van der Waals surface area contributed by atoms with Crippen LogP contribution in [0.4, 0.5) is 5.69 Å². The second kappa shape index (κ2) is 5.53. The number of fused-ring (bicyclic) bond motifs is 1. The van der Waals surface area contributed by atoms with E-state index in [1.54, 1.807) is 0 Å². The van der Waals surface area contributed by atoms with Crippen LogP contribution in [0.1, 0.15) is 11.1 Å².